The van der Waals surface area contributed by atoms with E-state index >= 15 is 0 Å². The zero-order chi connectivity index (χ0) is 21.3. The molecule has 0 spiro atoms. The maximum atomic E-state index is 12.6. The van der Waals surface area contributed by atoms with Crippen LogP contribution >= 0.6 is 0 Å². The van der Waals surface area contributed by atoms with Crippen molar-refractivity contribution in [2.24, 2.45) is 0 Å². The molecule has 0 saturated carbocycles. The van der Waals surface area contributed by atoms with E-state index in [0.717, 1.165) is 21.6 Å². The van der Waals surface area contributed by atoms with Gasteiger partial charge in [-0.1, -0.05) is 19.9 Å². The summed E-state index contributed by atoms with van der Waals surface area (Å²) in [5, 5.41) is 0. The highest BCUT2D eigenvalue weighted by atomic mass is 16.5. The lowest BCUT2D eigenvalue weighted by Crippen LogP contribution is -3.09. The quantitative estimate of drug-likeness (QED) is 0.729. The predicted octanol–water partition coefficient (Wildman–Crippen LogP) is 2.34. The molecule has 1 unspecified atom stereocenters. The van der Waals surface area contributed by atoms with Gasteiger partial charge in [0.15, 0.2) is 18.2 Å². The molecule has 0 radical (unpaired) electrons. The molecule has 0 fully saturated rings. The van der Waals surface area contributed by atoms with Crippen molar-refractivity contribution in [1.82, 2.24) is 0 Å². The van der Waals surface area contributed by atoms with Crippen LogP contribution in [0.15, 0.2) is 30.3 Å². The molecular formula is C23H29N2O4+. The van der Waals surface area contributed by atoms with E-state index in [2.05, 4.69) is 13.8 Å². The average molecular weight is 397 g/mol. The molecule has 6 heteroatoms. The number of carbonyl (C=O) groups is 2. The van der Waals surface area contributed by atoms with Gasteiger partial charge in [0.2, 0.25) is 0 Å². The molecule has 2 aromatic carbocycles. The second-order valence-corrected chi connectivity index (χ2v) is 7.92. The monoisotopic (exact) mass is 397 g/mol. The van der Waals surface area contributed by atoms with Gasteiger partial charge in [-0.05, 0) is 48.2 Å². The summed E-state index contributed by atoms with van der Waals surface area (Å²) in [5.41, 5.74) is 4.47. The number of amides is 1. The summed E-state index contributed by atoms with van der Waals surface area (Å²) in [5.74, 6) is 0.807. The Hall–Kier alpha value is -2.86. The fraction of sp³-hybridized carbons (Fsp3) is 0.391. The van der Waals surface area contributed by atoms with E-state index in [9.17, 15) is 9.59 Å². The molecule has 1 N–H and O–H groups in total. The molecule has 154 valence electrons. The standard InChI is InChI=1S/C23H28N2O4/c1-14(2)16-7-8-19-18(10-16)22(26)23(27)25(19)13-24(4)12-17-11-21(29-6)20(28-5)9-15(17)3/h7-11,14H,12-13H2,1-6H3/p+1. The third-order valence-electron chi connectivity index (χ3n) is 5.42. The van der Waals surface area contributed by atoms with Crippen molar-refractivity contribution >= 4 is 17.4 Å². The van der Waals surface area contributed by atoms with E-state index in [0.29, 0.717) is 41.9 Å². The van der Waals surface area contributed by atoms with E-state index < -0.39 is 11.7 Å². The fourth-order valence-electron chi connectivity index (χ4n) is 3.70. The summed E-state index contributed by atoms with van der Waals surface area (Å²) in [4.78, 5) is 27.8. The van der Waals surface area contributed by atoms with Crippen molar-refractivity contribution in [2.75, 3.05) is 32.8 Å². The van der Waals surface area contributed by atoms with Gasteiger partial charge in [-0.2, -0.15) is 0 Å². The number of anilines is 1. The Morgan fingerprint density at radius 3 is 2.31 bits per heavy atom. The number of rotatable bonds is 7. The van der Waals surface area contributed by atoms with Gasteiger partial charge in [-0.3, -0.25) is 14.5 Å². The SMILES string of the molecule is COc1cc(C)c(C[NH+](C)CN2C(=O)C(=O)c3cc(C(C)C)ccc32)cc1OC. The molecule has 1 aliphatic heterocycles. The van der Waals surface area contributed by atoms with Crippen molar-refractivity contribution in [3.63, 3.8) is 0 Å². The number of nitrogens with zero attached hydrogens (tertiary/aromatic N) is 1. The third kappa shape index (κ3) is 3.98. The third-order valence-corrected chi connectivity index (χ3v) is 5.42. The van der Waals surface area contributed by atoms with Gasteiger partial charge >= 0.3 is 5.91 Å². The molecule has 0 saturated heterocycles. The largest absolute Gasteiger partial charge is 0.493 e. The van der Waals surface area contributed by atoms with Gasteiger partial charge in [-0.15, -0.1) is 0 Å². The number of benzene rings is 2. The van der Waals surface area contributed by atoms with Crippen molar-refractivity contribution in [3.05, 3.63) is 52.6 Å². The Kier molecular flexibility index (Phi) is 5.94. The van der Waals surface area contributed by atoms with Gasteiger partial charge < -0.3 is 14.4 Å². The summed E-state index contributed by atoms with van der Waals surface area (Å²) in [6.45, 7) is 7.27. The van der Waals surface area contributed by atoms with Gasteiger partial charge in [0.05, 0.1) is 32.5 Å². The van der Waals surface area contributed by atoms with Crippen LogP contribution in [-0.2, 0) is 11.3 Å². The first-order valence-corrected chi connectivity index (χ1v) is 9.79. The molecule has 1 amide bonds. The van der Waals surface area contributed by atoms with E-state index in [4.69, 9.17) is 9.47 Å². The first-order chi connectivity index (χ1) is 13.8. The molecule has 1 heterocycles. The molecule has 29 heavy (non-hydrogen) atoms. The Labute approximate surface area is 172 Å². The molecule has 3 rings (SSSR count). The predicted molar refractivity (Wildman–Crippen MR) is 112 cm³/mol. The van der Waals surface area contributed by atoms with Crippen LogP contribution in [0, 0.1) is 6.92 Å². The molecule has 1 atom stereocenters. The molecule has 0 aromatic heterocycles. The van der Waals surface area contributed by atoms with Crippen LogP contribution in [0.2, 0.25) is 0 Å². The molecule has 6 nitrogen and oxygen atoms in total. The summed E-state index contributed by atoms with van der Waals surface area (Å²) in [6, 6.07) is 9.67. The second kappa shape index (κ2) is 8.25. The van der Waals surface area contributed by atoms with Crippen LogP contribution in [0.3, 0.4) is 0 Å². The fourth-order valence-corrected chi connectivity index (χ4v) is 3.70. The van der Waals surface area contributed by atoms with Crippen LogP contribution in [0.4, 0.5) is 5.69 Å². The Morgan fingerprint density at radius 2 is 1.69 bits per heavy atom. The zero-order valence-corrected chi connectivity index (χ0v) is 18.0. The Bertz CT molecular complexity index is 952. The number of fused-ring (bicyclic) bond motifs is 1. The number of ether oxygens (including phenoxy) is 2. The summed E-state index contributed by atoms with van der Waals surface area (Å²) in [7, 11) is 5.24. The van der Waals surface area contributed by atoms with Gasteiger partial charge in [-0.25, -0.2) is 0 Å². The van der Waals surface area contributed by atoms with E-state index in [-0.39, 0.29) is 0 Å². The zero-order valence-electron chi connectivity index (χ0n) is 18.0. The van der Waals surface area contributed by atoms with Crippen molar-refractivity contribution in [2.45, 2.75) is 33.2 Å². The number of quaternary nitrogens is 1. The number of Topliss-reactive ketones (excluding diaryl/α,β-unsaturated/α-hetero) is 1. The van der Waals surface area contributed by atoms with Crippen LogP contribution in [0.5, 0.6) is 11.5 Å². The highest BCUT2D eigenvalue weighted by Crippen LogP contribution is 2.32. The highest BCUT2D eigenvalue weighted by Gasteiger charge is 2.37. The summed E-state index contributed by atoms with van der Waals surface area (Å²) < 4.78 is 10.8. The van der Waals surface area contributed by atoms with Crippen molar-refractivity contribution in [1.29, 1.82) is 0 Å². The van der Waals surface area contributed by atoms with E-state index in [1.807, 2.05) is 44.3 Å². The number of hydrogen-bond donors (Lipinski definition) is 1. The second-order valence-electron chi connectivity index (χ2n) is 7.92. The smallest absolute Gasteiger partial charge is 0.303 e. The van der Waals surface area contributed by atoms with Crippen molar-refractivity contribution < 1.29 is 24.0 Å². The number of aryl methyl sites for hydroxylation is 1. The van der Waals surface area contributed by atoms with Crippen LogP contribution in [-0.4, -0.2) is 39.6 Å². The lowest BCUT2D eigenvalue weighted by atomic mass is 9.99. The van der Waals surface area contributed by atoms with Gasteiger partial charge in [0, 0.05) is 5.56 Å². The molecule has 1 aliphatic rings. The number of hydrogen-bond acceptors (Lipinski definition) is 4. The number of ketones is 1. The van der Waals surface area contributed by atoms with Gasteiger partial charge in [0.1, 0.15) is 6.54 Å². The first-order valence-electron chi connectivity index (χ1n) is 9.79. The summed E-state index contributed by atoms with van der Waals surface area (Å²) in [6.07, 6.45) is 0. The Balaban J connectivity index is 1.81. The minimum atomic E-state index is -0.454. The van der Waals surface area contributed by atoms with Gasteiger partial charge in [0.25, 0.3) is 5.78 Å². The average Bonchev–Trinajstić information content (AvgIpc) is 2.93. The topological polar surface area (TPSA) is 60.3 Å². The minimum Gasteiger partial charge on any atom is -0.493 e. The Morgan fingerprint density at radius 1 is 1.03 bits per heavy atom. The van der Waals surface area contributed by atoms with Crippen LogP contribution in [0.1, 0.15) is 46.8 Å². The van der Waals surface area contributed by atoms with Crippen LogP contribution < -0.4 is 19.3 Å². The lowest BCUT2D eigenvalue weighted by molar-refractivity contribution is -0.892. The minimum absolute atomic E-state index is 0.304. The molecule has 2 aromatic rings. The maximum absolute atomic E-state index is 12.6. The summed E-state index contributed by atoms with van der Waals surface area (Å²) >= 11 is 0. The van der Waals surface area contributed by atoms with E-state index in [1.54, 1.807) is 19.1 Å². The lowest BCUT2D eigenvalue weighted by Gasteiger charge is -2.23. The maximum Gasteiger partial charge on any atom is 0.303 e. The van der Waals surface area contributed by atoms with Crippen LogP contribution in [0.25, 0.3) is 0 Å². The molecular weight excluding hydrogens is 368 g/mol. The molecule has 0 aliphatic carbocycles. The van der Waals surface area contributed by atoms with Crippen molar-refractivity contribution in [3.8, 4) is 11.5 Å². The highest BCUT2D eigenvalue weighted by molar-refractivity contribution is 6.52. The van der Waals surface area contributed by atoms with E-state index in [1.165, 1.54) is 0 Å². The molecule has 0 bridgehead atoms. The normalized spacial score (nSPS) is 14.4. The number of nitrogens with one attached hydrogen (secondary N) is 1. The number of carbonyl (C=O) groups excluding carboxylic acids is 2. The first kappa shape index (κ1) is 20.9. The number of methoxy groups -OCH3 is 2.